The van der Waals surface area contributed by atoms with Crippen LogP contribution in [0.4, 0.5) is 0 Å². The van der Waals surface area contributed by atoms with Gasteiger partial charge in [0.1, 0.15) is 5.75 Å². The van der Waals surface area contributed by atoms with Crippen LogP contribution in [0.25, 0.3) is 0 Å². The molecule has 0 radical (unpaired) electrons. The maximum Gasteiger partial charge on any atom is 0.261 e. The first-order valence-electron chi connectivity index (χ1n) is 5.39. The molecule has 0 bridgehead atoms. The summed E-state index contributed by atoms with van der Waals surface area (Å²) in [6, 6.07) is 6.11. The highest BCUT2D eigenvalue weighted by Crippen LogP contribution is 2.23. The van der Waals surface area contributed by atoms with Gasteiger partial charge in [0.2, 0.25) is 0 Å². The average molecular weight is 277 g/mol. The van der Waals surface area contributed by atoms with E-state index in [1.54, 1.807) is 12.1 Å². The van der Waals surface area contributed by atoms with E-state index in [4.69, 9.17) is 20.2 Å². The Hall–Kier alpha value is -0.780. The van der Waals surface area contributed by atoms with Crippen molar-refractivity contribution in [3.63, 3.8) is 0 Å². The molecule has 0 amide bonds. The van der Waals surface area contributed by atoms with Crippen LogP contribution < -0.4 is 4.74 Å². The van der Waals surface area contributed by atoms with Gasteiger partial charge in [-0.25, -0.2) is 8.42 Å². The molecule has 6 heteroatoms. The minimum absolute atomic E-state index is 0.0347. The third-order valence-electron chi connectivity index (χ3n) is 2.49. The van der Waals surface area contributed by atoms with E-state index in [-0.39, 0.29) is 11.2 Å². The van der Waals surface area contributed by atoms with Gasteiger partial charge in [-0.2, -0.15) is 0 Å². The van der Waals surface area contributed by atoms with Crippen LogP contribution in [0.1, 0.15) is 19.3 Å². The topological polar surface area (TPSA) is 52.6 Å². The third-order valence-corrected chi connectivity index (χ3v) is 3.84. The molecular formula is C11H13ClO4S. The van der Waals surface area contributed by atoms with E-state index < -0.39 is 9.05 Å². The maximum absolute atomic E-state index is 11.2. The van der Waals surface area contributed by atoms with Crippen LogP contribution in [0.5, 0.6) is 5.75 Å². The van der Waals surface area contributed by atoms with Crippen molar-refractivity contribution in [3.05, 3.63) is 24.3 Å². The lowest BCUT2D eigenvalue weighted by molar-refractivity contribution is -0.106. The minimum Gasteiger partial charge on any atom is -0.465 e. The molecule has 1 heterocycles. The predicted molar refractivity (Wildman–Crippen MR) is 63.7 cm³/mol. The summed E-state index contributed by atoms with van der Waals surface area (Å²) in [5.74, 6) is 0.457. The van der Waals surface area contributed by atoms with Gasteiger partial charge >= 0.3 is 0 Å². The minimum atomic E-state index is -3.71. The Morgan fingerprint density at radius 1 is 1.35 bits per heavy atom. The Morgan fingerprint density at radius 2 is 2.18 bits per heavy atom. The number of hydrogen-bond acceptors (Lipinski definition) is 4. The molecule has 1 aromatic carbocycles. The van der Waals surface area contributed by atoms with Crippen molar-refractivity contribution in [1.29, 1.82) is 0 Å². The highest BCUT2D eigenvalue weighted by molar-refractivity contribution is 8.13. The first-order chi connectivity index (χ1) is 8.05. The largest absolute Gasteiger partial charge is 0.465 e. The molecule has 1 saturated heterocycles. The second-order valence-corrected chi connectivity index (χ2v) is 6.39. The molecule has 0 saturated carbocycles. The zero-order valence-electron chi connectivity index (χ0n) is 9.13. The Labute approximate surface area is 105 Å². The fourth-order valence-electron chi connectivity index (χ4n) is 1.66. The van der Waals surface area contributed by atoms with Gasteiger partial charge in [0.15, 0.2) is 6.29 Å². The molecule has 0 spiro atoms. The number of rotatable bonds is 3. The molecule has 94 valence electrons. The normalized spacial score (nSPS) is 21.1. The summed E-state index contributed by atoms with van der Waals surface area (Å²) in [4.78, 5) is 0.0347. The standard InChI is InChI=1S/C11H13ClO4S/c12-17(13,14)10-5-3-4-9(8-10)16-11-6-1-2-7-15-11/h3-5,8,11H,1-2,6-7H2. The second-order valence-electron chi connectivity index (χ2n) is 3.83. The van der Waals surface area contributed by atoms with Crippen LogP contribution in [0, 0.1) is 0 Å². The molecular weight excluding hydrogens is 264 g/mol. The van der Waals surface area contributed by atoms with Crippen molar-refractivity contribution < 1.29 is 17.9 Å². The lowest BCUT2D eigenvalue weighted by Crippen LogP contribution is -2.24. The van der Waals surface area contributed by atoms with E-state index in [9.17, 15) is 8.42 Å². The number of hydrogen-bond donors (Lipinski definition) is 0. The number of halogens is 1. The van der Waals surface area contributed by atoms with E-state index >= 15 is 0 Å². The van der Waals surface area contributed by atoms with Crippen LogP contribution in [0.15, 0.2) is 29.2 Å². The van der Waals surface area contributed by atoms with Crippen molar-refractivity contribution in [2.24, 2.45) is 0 Å². The van der Waals surface area contributed by atoms with Crippen molar-refractivity contribution >= 4 is 19.7 Å². The first kappa shape index (κ1) is 12.7. The van der Waals surface area contributed by atoms with Crippen molar-refractivity contribution in [1.82, 2.24) is 0 Å². The molecule has 1 unspecified atom stereocenters. The van der Waals surface area contributed by atoms with Gasteiger partial charge in [-0.05, 0) is 25.0 Å². The quantitative estimate of drug-likeness (QED) is 0.796. The molecule has 0 N–H and O–H groups in total. The molecule has 2 rings (SSSR count). The molecule has 0 aromatic heterocycles. The zero-order valence-corrected chi connectivity index (χ0v) is 10.7. The van der Waals surface area contributed by atoms with Crippen LogP contribution in [-0.2, 0) is 13.8 Å². The smallest absolute Gasteiger partial charge is 0.261 e. The van der Waals surface area contributed by atoms with Crippen molar-refractivity contribution in [2.45, 2.75) is 30.4 Å². The molecule has 1 aromatic rings. The van der Waals surface area contributed by atoms with Gasteiger partial charge in [0, 0.05) is 23.2 Å². The number of benzene rings is 1. The summed E-state index contributed by atoms with van der Waals surface area (Å²) < 4.78 is 33.3. The van der Waals surface area contributed by atoms with Crippen LogP contribution in [-0.4, -0.2) is 21.3 Å². The fourth-order valence-corrected chi connectivity index (χ4v) is 2.44. The Kier molecular flexibility index (Phi) is 3.91. The Balaban J connectivity index is 2.11. The molecule has 0 aliphatic carbocycles. The SMILES string of the molecule is O=S(=O)(Cl)c1cccc(OC2CCCCO2)c1. The van der Waals surface area contributed by atoms with E-state index in [1.807, 2.05) is 0 Å². The summed E-state index contributed by atoms with van der Waals surface area (Å²) >= 11 is 0. The van der Waals surface area contributed by atoms with E-state index in [0.717, 1.165) is 19.3 Å². The maximum atomic E-state index is 11.2. The van der Waals surface area contributed by atoms with Crippen molar-refractivity contribution in [3.8, 4) is 5.75 Å². The van der Waals surface area contributed by atoms with Crippen LogP contribution in [0.3, 0.4) is 0 Å². The van der Waals surface area contributed by atoms with Gasteiger partial charge in [0.25, 0.3) is 9.05 Å². The summed E-state index contributed by atoms with van der Waals surface area (Å²) in [7, 11) is 1.54. The number of ether oxygens (including phenoxy) is 2. The second kappa shape index (κ2) is 5.25. The van der Waals surface area contributed by atoms with E-state index in [1.165, 1.54) is 12.1 Å². The van der Waals surface area contributed by atoms with Gasteiger partial charge in [-0.1, -0.05) is 6.07 Å². The predicted octanol–water partition coefficient (Wildman–Crippen LogP) is 2.52. The zero-order chi connectivity index (χ0) is 12.3. The van der Waals surface area contributed by atoms with Gasteiger partial charge in [-0.3, -0.25) is 0 Å². The van der Waals surface area contributed by atoms with Gasteiger partial charge in [0.05, 0.1) is 11.5 Å². The highest BCUT2D eigenvalue weighted by atomic mass is 35.7. The molecule has 17 heavy (non-hydrogen) atoms. The van der Waals surface area contributed by atoms with Crippen molar-refractivity contribution in [2.75, 3.05) is 6.61 Å². The molecule has 1 aliphatic rings. The Morgan fingerprint density at radius 3 is 2.82 bits per heavy atom. The van der Waals surface area contributed by atoms with Gasteiger partial charge in [-0.15, -0.1) is 0 Å². The summed E-state index contributed by atoms with van der Waals surface area (Å²) in [5, 5.41) is 0. The Bertz CT molecular complexity index is 480. The van der Waals surface area contributed by atoms with E-state index in [0.29, 0.717) is 12.4 Å². The molecule has 1 atom stereocenters. The van der Waals surface area contributed by atoms with Crippen LogP contribution in [0.2, 0.25) is 0 Å². The third kappa shape index (κ3) is 3.59. The molecule has 1 fully saturated rings. The summed E-state index contributed by atoms with van der Waals surface area (Å²) in [6.45, 7) is 0.679. The average Bonchev–Trinajstić information content (AvgIpc) is 2.29. The van der Waals surface area contributed by atoms with Gasteiger partial charge < -0.3 is 9.47 Å². The lowest BCUT2D eigenvalue weighted by Gasteiger charge is -2.23. The fraction of sp³-hybridized carbons (Fsp3) is 0.455. The molecule has 4 nitrogen and oxygen atoms in total. The molecule has 1 aliphatic heterocycles. The van der Waals surface area contributed by atoms with Crippen LogP contribution >= 0.6 is 10.7 Å². The highest BCUT2D eigenvalue weighted by Gasteiger charge is 2.16. The van der Waals surface area contributed by atoms with E-state index in [2.05, 4.69) is 0 Å². The lowest BCUT2D eigenvalue weighted by atomic mass is 10.2. The summed E-state index contributed by atoms with van der Waals surface area (Å²) in [5.41, 5.74) is 0. The first-order valence-corrected chi connectivity index (χ1v) is 7.69. The summed E-state index contributed by atoms with van der Waals surface area (Å²) in [6.07, 6.45) is 2.61. The monoisotopic (exact) mass is 276 g/mol.